The lowest BCUT2D eigenvalue weighted by atomic mass is 9.86. The molecule has 0 unspecified atom stereocenters. The summed E-state index contributed by atoms with van der Waals surface area (Å²) < 4.78 is 0. The number of anilines is 1. The molecular weight excluding hydrogens is 246 g/mol. The third-order valence-electron chi connectivity index (χ3n) is 3.04. The van der Waals surface area contributed by atoms with Crippen LogP contribution in [0.4, 0.5) is 5.82 Å². The van der Waals surface area contributed by atoms with Gasteiger partial charge in [-0.05, 0) is 36.1 Å². The molecule has 0 spiro atoms. The van der Waals surface area contributed by atoms with E-state index < -0.39 is 0 Å². The highest BCUT2D eigenvalue weighted by atomic mass is 35.5. The summed E-state index contributed by atoms with van der Waals surface area (Å²) in [4.78, 5) is 4.54. The number of nitrogens with one attached hydrogen (secondary N) is 1. The third-order valence-corrected chi connectivity index (χ3v) is 3.45. The number of aromatic nitrogens is 1. The third kappa shape index (κ3) is 2.28. The Hall–Kier alpha value is -1.32. The molecule has 18 heavy (non-hydrogen) atoms. The highest BCUT2D eigenvalue weighted by Crippen LogP contribution is 2.32. The summed E-state index contributed by atoms with van der Waals surface area (Å²) in [6.07, 6.45) is 0. The van der Waals surface area contributed by atoms with E-state index in [2.05, 4.69) is 43.3 Å². The van der Waals surface area contributed by atoms with Crippen molar-refractivity contribution in [3.63, 3.8) is 0 Å². The number of nitrogen functional groups attached to an aromatic ring is 1. The van der Waals surface area contributed by atoms with Gasteiger partial charge in [0, 0.05) is 16.0 Å². The second-order valence-corrected chi connectivity index (χ2v) is 5.98. The molecule has 0 amide bonds. The molecule has 2 rings (SSSR count). The standard InChI is InChI=1S/C14H18ClN3/c1-8-5-9-6-10(14(2,3)4)13(18-16)17-12(9)7-11(8)15/h5-7H,16H2,1-4H3,(H,17,18). The quantitative estimate of drug-likeness (QED) is 0.608. The lowest BCUT2D eigenvalue weighted by molar-refractivity contribution is 0.590. The molecule has 0 atom stereocenters. The van der Waals surface area contributed by atoms with Crippen LogP contribution in [0.2, 0.25) is 5.02 Å². The smallest absolute Gasteiger partial charge is 0.144 e. The highest BCUT2D eigenvalue weighted by molar-refractivity contribution is 6.32. The fourth-order valence-corrected chi connectivity index (χ4v) is 2.15. The summed E-state index contributed by atoms with van der Waals surface area (Å²) in [5.41, 5.74) is 5.66. The summed E-state index contributed by atoms with van der Waals surface area (Å²) in [5.74, 6) is 6.26. The van der Waals surface area contributed by atoms with Crippen molar-refractivity contribution in [2.75, 3.05) is 5.43 Å². The normalized spacial score (nSPS) is 11.9. The van der Waals surface area contributed by atoms with Crippen LogP contribution in [0.25, 0.3) is 10.9 Å². The van der Waals surface area contributed by atoms with Crippen LogP contribution in [-0.4, -0.2) is 4.98 Å². The van der Waals surface area contributed by atoms with Crippen LogP contribution in [0.15, 0.2) is 18.2 Å². The van der Waals surface area contributed by atoms with Crippen LogP contribution in [0, 0.1) is 6.92 Å². The average Bonchev–Trinajstić information content (AvgIpc) is 2.28. The molecule has 0 aliphatic heterocycles. The van der Waals surface area contributed by atoms with Gasteiger partial charge in [-0.25, -0.2) is 10.8 Å². The largest absolute Gasteiger partial charge is 0.308 e. The summed E-state index contributed by atoms with van der Waals surface area (Å²) in [5, 5.41) is 1.81. The minimum atomic E-state index is -0.0174. The monoisotopic (exact) mass is 263 g/mol. The Morgan fingerprint density at radius 1 is 1.22 bits per heavy atom. The van der Waals surface area contributed by atoms with Crippen LogP contribution in [0.3, 0.4) is 0 Å². The number of hydrazine groups is 1. The fraction of sp³-hybridized carbons (Fsp3) is 0.357. The molecule has 0 aliphatic carbocycles. The van der Waals surface area contributed by atoms with E-state index in [-0.39, 0.29) is 5.41 Å². The molecule has 0 fully saturated rings. The number of fused-ring (bicyclic) bond motifs is 1. The van der Waals surface area contributed by atoms with Gasteiger partial charge in [0.05, 0.1) is 5.52 Å². The van der Waals surface area contributed by atoms with Gasteiger partial charge in [-0.15, -0.1) is 0 Å². The van der Waals surface area contributed by atoms with E-state index in [9.17, 15) is 0 Å². The lowest BCUT2D eigenvalue weighted by Gasteiger charge is -2.22. The Balaban J connectivity index is 2.77. The number of hydrogen-bond acceptors (Lipinski definition) is 3. The Morgan fingerprint density at radius 3 is 2.44 bits per heavy atom. The van der Waals surface area contributed by atoms with E-state index in [0.29, 0.717) is 5.82 Å². The molecule has 0 aliphatic rings. The van der Waals surface area contributed by atoms with E-state index in [1.54, 1.807) is 0 Å². The zero-order valence-corrected chi connectivity index (χ0v) is 11.9. The first-order valence-electron chi connectivity index (χ1n) is 5.91. The van der Waals surface area contributed by atoms with Crippen molar-refractivity contribution in [1.82, 2.24) is 4.98 Å². The maximum Gasteiger partial charge on any atom is 0.144 e. The number of rotatable bonds is 1. The van der Waals surface area contributed by atoms with Crippen LogP contribution in [0.5, 0.6) is 0 Å². The van der Waals surface area contributed by atoms with Gasteiger partial charge < -0.3 is 5.43 Å². The van der Waals surface area contributed by atoms with Gasteiger partial charge in [0.1, 0.15) is 5.82 Å². The maximum atomic E-state index is 6.12. The maximum absolute atomic E-state index is 6.12. The number of halogens is 1. The Labute approximate surface area is 112 Å². The van der Waals surface area contributed by atoms with Crippen molar-refractivity contribution < 1.29 is 0 Å². The molecule has 3 nitrogen and oxygen atoms in total. The topological polar surface area (TPSA) is 50.9 Å². The van der Waals surface area contributed by atoms with Crippen LogP contribution >= 0.6 is 11.6 Å². The highest BCUT2D eigenvalue weighted by Gasteiger charge is 2.19. The molecule has 96 valence electrons. The van der Waals surface area contributed by atoms with Crippen LogP contribution < -0.4 is 11.3 Å². The molecule has 1 aromatic heterocycles. The molecule has 0 radical (unpaired) electrons. The molecule has 3 N–H and O–H groups in total. The number of pyridine rings is 1. The van der Waals surface area contributed by atoms with Crippen molar-refractivity contribution in [3.8, 4) is 0 Å². The van der Waals surface area contributed by atoms with Crippen molar-refractivity contribution in [1.29, 1.82) is 0 Å². The zero-order valence-electron chi connectivity index (χ0n) is 11.1. The molecule has 1 aromatic carbocycles. The molecule has 4 heteroatoms. The van der Waals surface area contributed by atoms with Gasteiger partial charge in [0.2, 0.25) is 0 Å². The summed E-state index contributed by atoms with van der Waals surface area (Å²) in [6, 6.07) is 6.06. The van der Waals surface area contributed by atoms with Crippen LogP contribution in [0.1, 0.15) is 31.9 Å². The zero-order chi connectivity index (χ0) is 13.5. The second-order valence-electron chi connectivity index (χ2n) is 5.57. The van der Waals surface area contributed by atoms with Crippen molar-refractivity contribution in [2.24, 2.45) is 5.84 Å². The first kappa shape index (κ1) is 13.1. The lowest BCUT2D eigenvalue weighted by Crippen LogP contribution is -2.19. The number of nitrogens with zero attached hydrogens (tertiary/aromatic N) is 1. The molecule has 2 aromatic rings. The minimum absolute atomic E-state index is 0.0174. The Kier molecular flexibility index (Phi) is 3.21. The number of hydrogen-bond donors (Lipinski definition) is 2. The first-order chi connectivity index (χ1) is 8.32. The molecule has 1 heterocycles. The van der Waals surface area contributed by atoms with Crippen molar-refractivity contribution in [2.45, 2.75) is 33.1 Å². The average molecular weight is 264 g/mol. The van der Waals surface area contributed by atoms with Gasteiger partial charge >= 0.3 is 0 Å². The van der Waals surface area contributed by atoms with Gasteiger partial charge in [0.15, 0.2) is 0 Å². The summed E-state index contributed by atoms with van der Waals surface area (Å²) in [7, 11) is 0. The van der Waals surface area contributed by atoms with E-state index in [0.717, 1.165) is 27.1 Å². The second kappa shape index (κ2) is 4.41. The molecule has 0 saturated carbocycles. The predicted octanol–water partition coefficient (Wildman–Crippen LogP) is 3.78. The van der Waals surface area contributed by atoms with Gasteiger partial charge in [0.25, 0.3) is 0 Å². The Morgan fingerprint density at radius 2 is 1.89 bits per heavy atom. The van der Waals surface area contributed by atoms with E-state index in [1.807, 2.05) is 13.0 Å². The minimum Gasteiger partial charge on any atom is -0.308 e. The van der Waals surface area contributed by atoms with E-state index in [1.165, 1.54) is 0 Å². The molecular formula is C14H18ClN3. The molecule has 0 saturated heterocycles. The van der Waals surface area contributed by atoms with Gasteiger partial charge in [-0.2, -0.15) is 0 Å². The van der Waals surface area contributed by atoms with E-state index in [4.69, 9.17) is 17.4 Å². The van der Waals surface area contributed by atoms with Crippen molar-refractivity contribution in [3.05, 3.63) is 34.3 Å². The van der Waals surface area contributed by atoms with E-state index >= 15 is 0 Å². The van der Waals surface area contributed by atoms with Gasteiger partial charge in [-0.1, -0.05) is 32.4 Å². The molecule has 0 bridgehead atoms. The SMILES string of the molecule is Cc1cc2cc(C(C)(C)C)c(NN)nc2cc1Cl. The predicted molar refractivity (Wildman–Crippen MR) is 78.0 cm³/mol. The summed E-state index contributed by atoms with van der Waals surface area (Å²) >= 11 is 6.12. The van der Waals surface area contributed by atoms with Gasteiger partial charge in [-0.3, -0.25) is 0 Å². The number of nitrogens with two attached hydrogens (primary N) is 1. The summed E-state index contributed by atoms with van der Waals surface area (Å²) in [6.45, 7) is 8.41. The van der Waals surface area contributed by atoms with Crippen molar-refractivity contribution >= 4 is 28.3 Å². The van der Waals surface area contributed by atoms with Crippen LogP contribution in [-0.2, 0) is 5.41 Å². The number of benzene rings is 1. The Bertz CT molecular complexity index is 600. The number of aryl methyl sites for hydroxylation is 1. The first-order valence-corrected chi connectivity index (χ1v) is 6.28. The fourth-order valence-electron chi connectivity index (χ4n) is 1.99.